The van der Waals surface area contributed by atoms with Gasteiger partial charge in [-0.3, -0.25) is 9.36 Å². The molecule has 10 heteroatoms. The Morgan fingerprint density at radius 2 is 0.753 bits per heavy atom. The molecule has 0 aromatic rings. The summed E-state index contributed by atoms with van der Waals surface area (Å²) in [5.41, 5.74) is 0. The lowest BCUT2D eigenvalue weighted by molar-refractivity contribution is -0.870. The van der Waals surface area contributed by atoms with E-state index in [1.54, 1.807) is 0 Å². The molecular weight excluding hydrogens is 976 g/mol. The van der Waals surface area contributed by atoms with Crippen LogP contribution in [0.25, 0.3) is 0 Å². The number of nitrogens with zero attached hydrogens (tertiary/aromatic N) is 1. The Morgan fingerprint density at radius 3 is 1.09 bits per heavy atom. The molecule has 0 spiro atoms. The Morgan fingerprint density at radius 1 is 0.455 bits per heavy atom. The van der Waals surface area contributed by atoms with Crippen LogP contribution in [-0.4, -0.2) is 79.8 Å². The second-order valence-electron chi connectivity index (χ2n) is 24.7. The number of rotatable bonds is 63. The molecular formula is C67H133N2O7P. The van der Waals surface area contributed by atoms with Gasteiger partial charge in [0.15, 0.2) is 0 Å². The highest BCUT2D eigenvalue weighted by atomic mass is 31.2. The number of hydrogen-bond donors (Lipinski definition) is 3. The fourth-order valence-electron chi connectivity index (χ4n) is 10.5. The Labute approximate surface area is 479 Å². The largest absolute Gasteiger partial charge is 0.756 e. The normalized spacial score (nSPS) is 14.2. The highest BCUT2D eigenvalue weighted by molar-refractivity contribution is 7.45. The average Bonchev–Trinajstić information content (AvgIpc) is 3.39. The Hall–Kier alpha value is -1.06. The van der Waals surface area contributed by atoms with Gasteiger partial charge in [-0.1, -0.05) is 308 Å². The van der Waals surface area contributed by atoms with E-state index in [-0.39, 0.29) is 18.9 Å². The molecule has 0 aliphatic carbocycles. The molecule has 9 nitrogen and oxygen atoms in total. The van der Waals surface area contributed by atoms with Crippen molar-refractivity contribution in [2.24, 2.45) is 0 Å². The lowest BCUT2D eigenvalue weighted by Crippen LogP contribution is -2.51. The van der Waals surface area contributed by atoms with Gasteiger partial charge in [0.05, 0.1) is 39.9 Å². The van der Waals surface area contributed by atoms with Crippen LogP contribution in [0.15, 0.2) is 24.3 Å². The van der Waals surface area contributed by atoms with Crippen LogP contribution < -0.4 is 10.2 Å². The molecule has 1 amide bonds. The van der Waals surface area contributed by atoms with Crippen LogP contribution in [0.3, 0.4) is 0 Å². The van der Waals surface area contributed by atoms with Crippen molar-refractivity contribution in [1.82, 2.24) is 5.32 Å². The van der Waals surface area contributed by atoms with E-state index in [0.29, 0.717) is 30.3 Å². The predicted molar refractivity (Wildman–Crippen MR) is 331 cm³/mol. The summed E-state index contributed by atoms with van der Waals surface area (Å²) in [4.78, 5) is 25.6. The predicted octanol–water partition coefficient (Wildman–Crippen LogP) is 19.4. The third-order valence-corrected chi connectivity index (χ3v) is 16.7. The van der Waals surface area contributed by atoms with Gasteiger partial charge in [-0.25, -0.2) is 0 Å². The van der Waals surface area contributed by atoms with Crippen LogP contribution in [0.4, 0.5) is 0 Å². The lowest BCUT2D eigenvalue weighted by Gasteiger charge is -2.31. The van der Waals surface area contributed by atoms with Crippen LogP contribution >= 0.6 is 7.82 Å². The summed E-state index contributed by atoms with van der Waals surface area (Å²) in [6.45, 7) is 4.42. The van der Waals surface area contributed by atoms with E-state index in [1.807, 2.05) is 21.1 Å². The van der Waals surface area contributed by atoms with Gasteiger partial charge in [-0.15, -0.1) is 0 Å². The number of amides is 1. The van der Waals surface area contributed by atoms with E-state index in [4.69, 9.17) is 9.05 Å². The first kappa shape index (κ1) is 75.9. The highest BCUT2D eigenvalue weighted by Crippen LogP contribution is 2.38. The monoisotopic (exact) mass is 1110 g/mol. The van der Waals surface area contributed by atoms with Crippen molar-refractivity contribution >= 4 is 13.7 Å². The van der Waals surface area contributed by atoms with Crippen LogP contribution in [0.2, 0.25) is 0 Å². The van der Waals surface area contributed by atoms with E-state index in [0.717, 1.165) is 38.5 Å². The summed E-state index contributed by atoms with van der Waals surface area (Å²) in [5.74, 6) is -0.286. The molecule has 0 heterocycles. The van der Waals surface area contributed by atoms with Gasteiger partial charge in [-0.05, 0) is 51.4 Å². The molecule has 458 valence electrons. The Balaban J connectivity index is 3.85. The molecule has 0 fully saturated rings. The fourth-order valence-corrected chi connectivity index (χ4v) is 11.2. The number of likely N-dealkylation sites (N-methyl/N-ethyl adjacent to an activating group) is 1. The standard InChI is InChI=1S/C67H133N2O7P/c1-6-8-10-12-14-16-18-20-21-22-23-24-25-26-27-28-29-30-31-32-33-34-35-36-37-38-39-40-41-42-43-44-45-46-47-48-50-52-54-56-58-60-66(71)68-64(63-76-77(73,74)75-62-61-69(3,4)5)67(72)65(70)59-57-55-53-51-49-19-17-15-13-11-9-7-2/h15,17,51,53,64-65,67,70,72H,6-14,16,18-50,52,54-63H2,1-5H3,(H-,68,71,73,74)/b17-15+,53-51+. The van der Waals surface area contributed by atoms with Gasteiger partial charge in [-0.2, -0.15) is 0 Å². The van der Waals surface area contributed by atoms with E-state index in [1.165, 1.54) is 263 Å². The number of aliphatic hydroxyl groups excluding tert-OH is 2. The summed E-state index contributed by atoms with van der Waals surface area (Å²) in [7, 11) is 1.11. The summed E-state index contributed by atoms with van der Waals surface area (Å²) in [6.07, 6.45) is 71.8. The van der Waals surface area contributed by atoms with Crippen molar-refractivity contribution in [2.75, 3.05) is 40.9 Å². The summed E-state index contributed by atoms with van der Waals surface area (Å²) in [5, 5.41) is 24.7. The van der Waals surface area contributed by atoms with Gasteiger partial charge in [0.25, 0.3) is 7.82 Å². The van der Waals surface area contributed by atoms with Crippen molar-refractivity contribution in [1.29, 1.82) is 0 Å². The van der Waals surface area contributed by atoms with Crippen LogP contribution in [-0.2, 0) is 18.4 Å². The molecule has 4 unspecified atom stereocenters. The van der Waals surface area contributed by atoms with Crippen molar-refractivity contribution < 1.29 is 38.0 Å². The molecule has 0 aliphatic heterocycles. The van der Waals surface area contributed by atoms with Crippen LogP contribution in [0, 0.1) is 0 Å². The molecule has 4 atom stereocenters. The second kappa shape index (κ2) is 58.1. The summed E-state index contributed by atoms with van der Waals surface area (Å²) < 4.78 is 23.3. The van der Waals surface area contributed by atoms with Gasteiger partial charge < -0.3 is 34.0 Å². The van der Waals surface area contributed by atoms with Crippen molar-refractivity contribution in [3.8, 4) is 0 Å². The van der Waals surface area contributed by atoms with Crippen molar-refractivity contribution in [3.63, 3.8) is 0 Å². The topological polar surface area (TPSA) is 128 Å². The van der Waals surface area contributed by atoms with Gasteiger partial charge in [0.2, 0.25) is 5.91 Å². The zero-order valence-corrected chi connectivity index (χ0v) is 52.9. The van der Waals surface area contributed by atoms with E-state index < -0.39 is 32.7 Å². The Bertz CT molecular complexity index is 1320. The SMILES string of the molecule is CCCCC/C=C/CC/C=C/CCCC(O)C(O)C(COP(=O)([O-])OCC[N+](C)(C)C)NC(=O)CCCCCCCCCCCCCCCCCCCCCCCCCCCCCCCCCCCCCCCCCCC. The number of phosphoric ester groups is 1. The van der Waals surface area contributed by atoms with E-state index >= 15 is 0 Å². The fraction of sp³-hybridized carbons (Fsp3) is 0.925. The minimum absolute atomic E-state index is 0.0466. The lowest BCUT2D eigenvalue weighted by atomic mass is 10.0. The van der Waals surface area contributed by atoms with E-state index in [2.05, 4.69) is 43.5 Å². The molecule has 0 radical (unpaired) electrons. The molecule has 77 heavy (non-hydrogen) atoms. The smallest absolute Gasteiger partial charge is 0.268 e. The highest BCUT2D eigenvalue weighted by Gasteiger charge is 2.29. The van der Waals surface area contributed by atoms with E-state index in [9.17, 15) is 24.5 Å². The molecule has 3 N–H and O–H groups in total. The maximum absolute atomic E-state index is 13.0. The Kier molecular flexibility index (Phi) is 57.3. The van der Waals surface area contributed by atoms with Crippen LogP contribution in [0.1, 0.15) is 341 Å². The number of allylic oxidation sites excluding steroid dienone is 4. The minimum atomic E-state index is -4.68. The molecule has 0 aliphatic rings. The third kappa shape index (κ3) is 59.4. The molecule has 0 saturated heterocycles. The number of phosphoric acid groups is 1. The second-order valence-corrected chi connectivity index (χ2v) is 26.1. The summed E-state index contributed by atoms with van der Waals surface area (Å²) >= 11 is 0. The van der Waals surface area contributed by atoms with Crippen molar-refractivity contribution in [2.45, 2.75) is 360 Å². The van der Waals surface area contributed by atoms with Gasteiger partial charge in [0.1, 0.15) is 19.3 Å². The molecule has 0 bridgehead atoms. The maximum atomic E-state index is 13.0. The zero-order valence-electron chi connectivity index (χ0n) is 52.1. The molecule has 0 aromatic heterocycles. The molecule has 0 saturated carbocycles. The number of hydrogen-bond acceptors (Lipinski definition) is 7. The first-order chi connectivity index (χ1) is 37.4. The molecule has 0 rings (SSSR count). The van der Waals surface area contributed by atoms with Gasteiger partial charge >= 0.3 is 0 Å². The first-order valence-electron chi connectivity index (χ1n) is 33.8. The summed E-state index contributed by atoms with van der Waals surface area (Å²) in [6, 6.07) is -1.09. The number of aliphatic hydroxyl groups is 2. The zero-order chi connectivity index (χ0) is 56.4. The number of unbranched alkanes of at least 4 members (excludes halogenated alkanes) is 45. The number of carbonyl (C=O) groups is 1. The van der Waals surface area contributed by atoms with Crippen LogP contribution in [0.5, 0.6) is 0 Å². The third-order valence-electron chi connectivity index (χ3n) is 15.8. The molecule has 0 aromatic carbocycles. The average molecular weight is 1110 g/mol. The van der Waals surface area contributed by atoms with Crippen molar-refractivity contribution in [3.05, 3.63) is 24.3 Å². The first-order valence-corrected chi connectivity index (χ1v) is 35.2. The quantitative estimate of drug-likeness (QED) is 0.0239. The number of carbonyl (C=O) groups excluding carboxylic acids is 1. The number of nitrogens with one attached hydrogen (secondary N) is 1. The minimum Gasteiger partial charge on any atom is -0.756 e. The van der Waals surface area contributed by atoms with Gasteiger partial charge in [0, 0.05) is 6.42 Å². The maximum Gasteiger partial charge on any atom is 0.268 e. The number of quaternary nitrogens is 1.